The molecule has 0 aliphatic rings. The van der Waals surface area contributed by atoms with Crippen LogP contribution in [0.15, 0.2) is 34.7 Å². The van der Waals surface area contributed by atoms with Gasteiger partial charge in [0.2, 0.25) is 0 Å². The highest BCUT2D eigenvalue weighted by Crippen LogP contribution is 2.21. The van der Waals surface area contributed by atoms with E-state index in [-0.39, 0.29) is 10.0 Å². The van der Waals surface area contributed by atoms with Gasteiger partial charge in [-0.15, -0.1) is 11.3 Å². The molecule has 0 bridgehead atoms. The molecule has 5 nitrogen and oxygen atoms in total. The topological polar surface area (TPSA) is 71.1 Å². The number of aromatic nitrogens is 1. The van der Waals surface area contributed by atoms with E-state index in [0.29, 0.717) is 12.1 Å². The third-order valence-electron chi connectivity index (χ3n) is 2.70. The second-order valence-electron chi connectivity index (χ2n) is 4.38. The number of hydrogen-bond donors (Lipinski definition) is 2. The second-order valence-corrected chi connectivity index (χ2v) is 6.93. The Labute approximate surface area is 127 Å². The normalized spacial score (nSPS) is 11.5. The fourth-order valence-corrected chi connectivity index (χ4v) is 3.63. The van der Waals surface area contributed by atoms with Crippen LogP contribution >= 0.6 is 11.3 Å². The minimum absolute atomic E-state index is 0.212. The van der Waals surface area contributed by atoms with Crippen LogP contribution in [0.4, 0.5) is 9.52 Å². The van der Waals surface area contributed by atoms with Crippen LogP contribution in [0.1, 0.15) is 18.9 Å². The van der Waals surface area contributed by atoms with Crippen LogP contribution in [-0.2, 0) is 16.6 Å². The predicted octanol–water partition coefficient (Wildman–Crippen LogP) is 2.58. The maximum atomic E-state index is 13.8. The van der Waals surface area contributed by atoms with Gasteiger partial charge in [-0.3, -0.25) is 4.72 Å². The Morgan fingerprint density at radius 2 is 2.19 bits per heavy atom. The Hall–Kier alpha value is -1.51. The predicted molar refractivity (Wildman–Crippen MR) is 81.3 cm³/mol. The van der Waals surface area contributed by atoms with Gasteiger partial charge in [0, 0.05) is 18.1 Å². The van der Waals surface area contributed by atoms with E-state index in [1.165, 1.54) is 18.3 Å². The van der Waals surface area contributed by atoms with Gasteiger partial charge in [0.15, 0.2) is 5.13 Å². The SMILES string of the molecule is CCCNCc1ccc(F)c(S(=O)(=O)Nc2nccs2)c1. The third-order valence-corrected chi connectivity index (χ3v) is 4.87. The van der Waals surface area contributed by atoms with Gasteiger partial charge in [0.1, 0.15) is 10.7 Å². The van der Waals surface area contributed by atoms with E-state index in [1.54, 1.807) is 11.4 Å². The summed E-state index contributed by atoms with van der Waals surface area (Å²) in [5.74, 6) is -0.779. The van der Waals surface area contributed by atoms with Crippen molar-refractivity contribution in [1.29, 1.82) is 0 Å². The fraction of sp³-hybridized carbons (Fsp3) is 0.308. The number of sulfonamides is 1. The number of anilines is 1. The van der Waals surface area contributed by atoms with Crippen molar-refractivity contribution in [3.05, 3.63) is 41.2 Å². The lowest BCUT2D eigenvalue weighted by atomic mass is 10.2. The third kappa shape index (κ3) is 4.23. The molecule has 1 aromatic heterocycles. The molecular weight excluding hydrogens is 313 g/mol. The van der Waals surface area contributed by atoms with Crippen molar-refractivity contribution in [3.63, 3.8) is 0 Å². The summed E-state index contributed by atoms with van der Waals surface area (Å²) in [7, 11) is -3.97. The van der Waals surface area contributed by atoms with Crippen molar-refractivity contribution in [3.8, 4) is 0 Å². The molecule has 0 atom stereocenters. The monoisotopic (exact) mass is 329 g/mol. The summed E-state index contributed by atoms with van der Waals surface area (Å²) in [6.45, 7) is 3.34. The van der Waals surface area contributed by atoms with Crippen LogP contribution in [0.2, 0.25) is 0 Å². The van der Waals surface area contributed by atoms with Crippen LogP contribution in [-0.4, -0.2) is 19.9 Å². The van der Waals surface area contributed by atoms with Gasteiger partial charge in [0.25, 0.3) is 10.0 Å². The van der Waals surface area contributed by atoms with Gasteiger partial charge >= 0.3 is 0 Å². The maximum Gasteiger partial charge on any atom is 0.266 e. The molecule has 0 saturated carbocycles. The zero-order valence-electron chi connectivity index (χ0n) is 11.5. The quantitative estimate of drug-likeness (QED) is 0.766. The van der Waals surface area contributed by atoms with E-state index in [2.05, 4.69) is 15.0 Å². The van der Waals surface area contributed by atoms with Gasteiger partial charge in [-0.05, 0) is 30.7 Å². The van der Waals surface area contributed by atoms with E-state index in [1.807, 2.05) is 6.92 Å². The minimum Gasteiger partial charge on any atom is -0.313 e. The van der Waals surface area contributed by atoms with E-state index in [0.717, 1.165) is 24.3 Å². The van der Waals surface area contributed by atoms with E-state index < -0.39 is 15.8 Å². The summed E-state index contributed by atoms with van der Waals surface area (Å²) in [5, 5.41) is 5.00. The first-order chi connectivity index (χ1) is 10.0. The molecule has 0 fully saturated rings. The molecule has 1 aromatic carbocycles. The largest absolute Gasteiger partial charge is 0.313 e. The lowest BCUT2D eigenvalue weighted by molar-refractivity contribution is 0.568. The average molecular weight is 329 g/mol. The number of nitrogens with zero attached hydrogens (tertiary/aromatic N) is 1. The molecule has 0 aliphatic carbocycles. The molecule has 8 heteroatoms. The van der Waals surface area contributed by atoms with E-state index in [9.17, 15) is 12.8 Å². The van der Waals surface area contributed by atoms with Crippen LogP contribution in [0.5, 0.6) is 0 Å². The summed E-state index contributed by atoms with van der Waals surface area (Å²) in [5.41, 5.74) is 0.712. The number of hydrogen-bond acceptors (Lipinski definition) is 5. The second kappa shape index (κ2) is 6.97. The summed E-state index contributed by atoms with van der Waals surface area (Å²) in [6, 6.07) is 4.08. The van der Waals surface area contributed by atoms with Crippen LogP contribution in [0.25, 0.3) is 0 Å². The van der Waals surface area contributed by atoms with Crippen LogP contribution in [0.3, 0.4) is 0 Å². The first-order valence-corrected chi connectivity index (χ1v) is 8.80. The summed E-state index contributed by atoms with van der Waals surface area (Å²) in [6.07, 6.45) is 2.45. The number of rotatable bonds is 7. The Bertz CT molecular complexity index is 687. The van der Waals surface area contributed by atoms with Crippen molar-refractivity contribution in [1.82, 2.24) is 10.3 Å². The average Bonchev–Trinajstić information content (AvgIpc) is 2.93. The van der Waals surface area contributed by atoms with Crippen molar-refractivity contribution < 1.29 is 12.8 Å². The molecule has 0 aliphatic heterocycles. The van der Waals surface area contributed by atoms with Crippen molar-refractivity contribution >= 4 is 26.5 Å². The Morgan fingerprint density at radius 1 is 1.38 bits per heavy atom. The van der Waals surface area contributed by atoms with Crippen molar-refractivity contribution in [2.45, 2.75) is 24.8 Å². The van der Waals surface area contributed by atoms with Crippen LogP contribution < -0.4 is 10.0 Å². The highest BCUT2D eigenvalue weighted by molar-refractivity contribution is 7.93. The Kier molecular flexibility index (Phi) is 5.27. The fourth-order valence-electron chi connectivity index (χ4n) is 1.72. The molecule has 2 rings (SSSR count). The number of thiazole rings is 1. The lowest BCUT2D eigenvalue weighted by Crippen LogP contribution is -2.17. The van der Waals surface area contributed by atoms with Gasteiger partial charge < -0.3 is 5.32 Å². The molecule has 114 valence electrons. The summed E-state index contributed by atoms with van der Waals surface area (Å²) < 4.78 is 40.5. The van der Waals surface area contributed by atoms with Crippen molar-refractivity contribution in [2.24, 2.45) is 0 Å². The van der Waals surface area contributed by atoms with Crippen LogP contribution in [0, 0.1) is 5.82 Å². The standard InChI is InChI=1S/C13H16FN3O2S2/c1-2-5-15-9-10-3-4-11(14)12(8-10)21(18,19)17-13-16-6-7-20-13/h3-4,6-8,15H,2,5,9H2,1H3,(H,16,17). The smallest absolute Gasteiger partial charge is 0.266 e. The van der Waals surface area contributed by atoms with Gasteiger partial charge in [-0.25, -0.2) is 17.8 Å². The molecule has 0 radical (unpaired) electrons. The Morgan fingerprint density at radius 3 is 2.86 bits per heavy atom. The van der Waals surface area contributed by atoms with Gasteiger partial charge in [-0.2, -0.15) is 0 Å². The summed E-state index contributed by atoms with van der Waals surface area (Å²) >= 11 is 1.14. The molecule has 1 heterocycles. The molecule has 0 spiro atoms. The first-order valence-electron chi connectivity index (χ1n) is 6.44. The summed E-state index contributed by atoms with van der Waals surface area (Å²) in [4.78, 5) is 3.47. The Balaban J connectivity index is 2.22. The highest BCUT2D eigenvalue weighted by atomic mass is 32.2. The number of benzene rings is 1. The number of nitrogens with one attached hydrogen (secondary N) is 2. The maximum absolute atomic E-state index is 13.8. The van der Waals surface area contributed by atoms with Gasteiger partial charge in [0.05, 0.1) is 0 Å². The molecule has 21 heavy (non-hydrogen) atoms. The number of halogens is 1. The molecule has 0 unspecified atom stereocenters. The molecular formula is C13H16FN3O2S2. The van der Waals surface area contributed by atoms with Crippen molar-refractivity contribution in [2.75, 3.05) is 11.3 Å². The molecule has 0 saturated heterocycles. The minimum atomic E-state index is -3.97. The highest BCUT2D eigenvalue weighted by Gasteiger charge is 2.20. The van der Waals surface area contributed by atoms with E-state index >= 15 is 0 Å². The zero-order chi connectivity index (χ0) is 15.3. The molecule has 2 N–H and O–H groups in total. The zero-order valence-corrected chi connectivity index (χ0v) is 13.1. The molecule has 2 aromatic rings. The lowest BCUT2D eigenvalue weighted by Gasteiger charge is -2.09. The van der Waals surface area contributed by atoms with Gasteiger partial charge in [-0.1, -0.05) is 13.0 Å². The first kappa shape index (κ1) is 15.9. The molecule has 0 amide bonds. The van der Waals surface area contributed by atoms with E-state index in [4.69, 9.17) is 0 Å².